The number of benzene rings is 2. The molecule has 0 amide bonds. The van der Waals surface area contributed by atoms with Crippen LogP contribution in [0.4, 0.5) is 4.39 Å². The highest BCUT2D eigenvalue weighted by molar-refractivity contribution is 6.30. The molecule has 106 valence electrons. The Morgan fingerprint density at radius 3 is 2.71 bits per heavy atom. The predicted octanol–water partition coefficient (Wildman–Crippen LogP) is 3.64. The van der Waals surface area contributed by atoms with Crippen LogP contribution in [-0.4, -0.2) is 15.0 Å². The Hall–Kier alpha value is -2.40. The van der Waals surface area contributed by atoms with Crippen LogP contribution in [0.2, 0.25) is 5.02 Å². The molecule has 0 unspecified atom stereocenters. The van der Waals surface area contributed by atoms with Crippen LogP contribution in [0.1, 0.15) is 5.69 Å². The first-order chi connectivity index (χ1) is 10.2. The molecule has 0 aliphatic rings. The molecule has 4 nitrogen and oxygen atoms in total. The molecule has 0 radical (unpaired) electrons. The van der Waals surface area contributed by atoms with Crippen LogP contribution in [0.25, 0.3) is 5.69 Å². The maximum Gasteiger partial charge on any atom is 0.134 e. The second-order valence-corrected chi connectivity index (χ2v) is 4.81. The normalized spacial score (nSPS) is 10.6. The van der Waals surface area contributed by atoms with E-state index >= 15 is 0 Å². The van der Waals surface area contributed by atoms with Gasteiger partial charge in [0.25, 0.3) is 0 Å². The van der Waals surface area contributed by atoms with E-state index < -0.39 is 0 Å². The molecule has 0 fully saturated rings. The SMILES string of the molecule is Fc1ccc(OCc2cn(-c3cccc(Cl)c3)nn2)cc1. The highest BCUT2D eigenvalue weighted by Crippen LogP contribution is 2.15. The van der Waals surface area contributed by atoms with E-state index in [2.05, 4.69) is 10.3 Å². The minimum absolute atomic E-state index is 0.256. The van der Waals surface area contributed by atoms with Gasteiger partial charge in [0.15, 0.2) is 0 Å². The third-order valence-corrected chi connectivity index (χ3v) is 3.05. The highest BCUT2D eigenvalue weighted by atomic mass is 35.5. The molecule has 0 aliphatic heterocycles. The first-order valence-electron chi connectivity index (χ1n) is 6.26. The van der Waals surface area contributed by atoms with Gasteiger partial charge >= 0.3 is 0 Å². The van der Waals surface area contributed by atoms with E-state index in [1.807, 2.05) is 12.1 Å². The Balaban J connectivity index is 1.69. The molecule has 1 heterocycles. The molecule has 0 atom stereocenters. The molecule has 0 N–H and O–H groups in total. The maximum atomic E-state index is 12.8. The number of hydrogen-bond donors (Lipinski definition) is 0. The van der Waals surface area contributed by atoms with Crippen LogP contribution in [0.3, 0.4) is 0 Å². The first-order valence-corrected chi connectivity index (χ1v) is 6.64. The van der Waals surface area contributed by atoms with E-state index in [4.69, 9.17) is 16.3 Å². The number of rotatable bonds is 4. The Labute approximate surface area is 125 Å². The van der Waals surface area contributed by atoms with Crippen LogP contribution in [0.15, 0.2) is 54.7 Å². The second-order valence-electron chi connectivity index (χ2n) is 4.38. The van der Waals surface area contributed by atoms with Crippen LogP contribution in [0, 0.1) is 5.82 Å². The van der Waals surface area contributed by atoms with E-state index in [9.17, 15) is 4.39 Å². The molecule has 2 aromatic carbocycles. The molecular formula is C15H11ClFN3O. The molecule has 0 spiro atoms. The van der Waals surface area contributed by atoms with E-state index in [1.54, 1.807) is 35.1 Å². The van der Waals surface area contributed by atoms with Crippen LogP contribution in [0.5, 0.6) is 5.75 Å². The summed E-state index contributed by atoms with van der Waals surface area (Å²) in [5.74, 6) is 0.281. The summed E-state index contributed by atoms with van der Waals surface area (Å²) in [4.78, 5) is 0. The Kier molecular flexibility index (Phi) is 3.83. The lowest BCUT2D eigenvalue weighted by Gasteiger charge is -2.03. The van der Waals surface area contributed by atoms with Crippen molar-refractivity contribution in [2.45, 2.75) is 6.61 Å². The van der Waals surface area contributed by atoms with Crippen molar-refractivity contribution in [2.24, 2.45) is 0 Å². The fourth-order valence-corrected chi connectivity index (χ4v) is 1.98. The Morgan fingerprint density at radius 1 is 1.14 bits per heavy atom. The van der Waals surface area contributed by atoms with Gasteiger partial charge in [-0.2, -0.15) is 0 Å². The summed E-state index contributed by atoms with van der Waals surface area (Å²) in [6.07, 6.45) is 1.76. The molecule has 21 heavy (non-hydrogen) atoms. The van der Waals surface area contributed by atoms with Gasteiger partial charge in [-0.15, -0.1) is 5.10 Å². The van der Waals surface area contributed by atoms with Crippen LogP contribution >= 0.6 is 11.6 Å². The van der Waals surface area contributed by atoms with Crippen LogP contribution in [-0.2, 0) is 6.61 Å². The molecule has 0 saturated heterocycles. The minimum Gasteiger partial charge on any atom is -0.487 e. The lowest BCUT2D eigenvalue weighted by molar-refractivity contribution is 0.300. The van der Waals surface area contributed by atoms with Gasteiger partial charge < -0.3 is 4.74 Å². The average molecular weight is 304 g/mol. The van der Waals surface area contributed by atoms with Crippen molar-refractivity contribution >= 4 is 11.6 Å². The summed E-state index contributed by atoms with van der Waals surface area (Å²) in [7, 11) is 0. The van der Waals surface area contributed by atoms with E-state index in [-0.39, 0.29) is 12.4 Å². The molecule has 0 saturated carbocycles. The second kappa shape index (κ2) is 5.93. The summed E-state index contributed by atoms with van der Waals surface area (Å²) in [5.41, 5.74) is 1.49. The van der Waals surface area contributed by atoms with Crippen molar-refractivity contribution in [2.75, 3.05) is 0 Å². The fraction of sp³-hybridized carbons (Fsp3) is 0.0667. The number of nitrogens with zero attached hydrogens (tertiary/aromatic N) is 3. The van der Waals surface area contributed by atoms with Gasteiger partial charge in [0.1, 0.15) is 23.9 Å². The largest absolute Gasteiger partial charge is 0.487 e. The number of hydrogen-bond acceptors (Lipinski definition) is 3. The molecule has 1 aromatic heterocycles. The zero-order valence-corrected chi connectivity index (χ0v) is 11.7. The Morgan fingerprint density at radius 2 is 1.95 bits per heavy atom. The van der Waals surface area contributed by atoms with Gasteiger partial charge in [-0.25, -0.2) is 9.07 Å². The van der Waals surface area contributed by atoms with Gasteiger partial charge in [-0.05, 0) is 42.5 Å². The smallest absolute Gasteiger partial charge is 0.134 e. The van der Waals surface area contributed by atoms with Gasteiger partial charge in [-0.3, -0.25) is 0 Å². The molecule has 0 aliphatic carbocycles. The van der Waals surface area contributed by atoms with E-state index in [0.29, 0.717) is 16.5 Å². The summed E-state index contributed by atoms with van der Waals surface area (Å²) in [5, 5.41) is 8.68. The van der Waals surface area contributed by atoms with Crippen LogP contribution < -0.4 is 4.74 Å². The van der Waals surface area contributed by atoms with Gasteiger partial charge in [0.2, 0.25) is 0 Å². The minimum atomic E-state index is -0.297. The van der Waals surface area contributed by atoms with Gasteiger partial charge in [0.05, 0.1) is 11.9 Å². The van der Waals surface area contributed by atoms with Crippen molar-refractivity contribution in [1.29, 1.82) is 0 Å². The fourth-order valence-electron chi connectivity index (χ4n) is 1.80. The lowest BCUT2D eigenvalue weighted by atomic mass is 10.3. The van der Waals surface area contributed by atoms with Gasteiger partial charge in [0, 0.05) is 5.02 Å². The standard InChI is InChI=1S/C15H11ClFN3O/c16-11-2-1-3-14(8-11)20-9-13(18-19-20)10-21-15-6-4-12(17)5-7-15/h1-9H,10H2. The summed E-state index contributed by atoms with van der Waals surface area (Å²) in [6.45, 7) is 0.256. The number of aromatic nitrogens is 3. The lowest BCUT2D eigenvalue weighted by Crippen LogP contribution is -1.96. The van der Waals surface area contributed by atoms with Gasteiger partial charge in [-0.1, -0.05) is 22.9 Å². The quantitative estimate of drug-likeness (QED) is 0.739. The molecule has 3 rings (SSSR count). The monoisotopic (exact) mass is 303 g/mol. The van der Waals surface area contributed by atoms with Crippen molar-refractivity contribution in [3.63, 3.8) is 0 Å². The summed E-state index contributed by atoms with van der Waals surface area (Å²) >= 11 is 5.94. The zero-order valence-electron chi connectivity index (χ0n) is 10.9. The predicted molar refractivity (Wildman–Crippen MR) is 77.1 cm³/mol. The topological polar surface area (TPSA) is 39.9 Å². The average Bonchev–Trinajstić information content (AvgIpc) is 2.96. The third-order valence-electron chi connectivity index (χ3n) is 2.81. The van der Waals surface area contributed by atoms with Crippen molar-refractivity contribution in [1.82, 2.24) is 15.0 Å². The van der Waals surface area contributed by atoms with Crippen molar-refractivity contribution in [3.8, 4) is 11.4 Å². The van der Waals surface area contributed by atoms with E-state index in [1.165, 1.54) is 12.1 Å². The highest BCUT2D eigenvalue weighted by Gasteiger charge is 2.04. The van der Waals surface area contributed by atoms with Crippen molar-refractivity contribution in [3.05, 3.63) is 71.3 Å². The molecular weight excluding hydrogens is 293 g/mol. The first kappa shape index (κ1) is 13.6. The molecule has 0 bridgehead atoms. The number of ether oxygens (including phenoxy) is 1. The molecule has 3 aromatic rings. The Bertz CT molecular complexity index is 743. The number of halogens is 2. The summed E-state index contributed by atoms with van der Waals surface area (Å²) < 4.78 is 19.9. The van der Waals surface area contributed by atoms with Crippen molar-refractivity contribution < 1.29 is 9.13 Å². The zero-order chi connectivity index (χ0) is 14.7. The third kappa shape index (κ3) is 3.38. The van der Waals surface area contributed by atoms with E-state index in [0.717, 1.165) is 5.69 Å². The molecule has 6 heteroatoms. The maximum absolute atomic E-state index is 12.8. The summed E-state index contributed by atoms with van der Waals surface area (Å²) in [6, 6.07) is 13.1.